The number of nitrogens with zero attached hydrogens (tertiary/aromatic N) is 2. The van der Waals surface area contributed by atoms with Crippen LogP contribution in [0.3, 0.4) is 0 Å². The molecule has 31 heavy (non-hydrogen) atoms. The van der Waals surface area contributed by atoms with E-state index in [0.29, 0.717) is 0 Å². The molecule has 0 saturated carbocycles. The second kappa shape index (κ2) is 8.73. The average molecular weight is 419 g/mol. The number of aryl methyl sites for hydroxylation is 1. The zero-order chi connectivity index (χ0) is 21.2. The fourth-order valence-electron chi connectivity index (χ4n) is 5.22. The molecule has 2 aromatic carbocycles. The number of aromatic amines is 1. The van der Waals surface area contributed by atoms with Crippen molar-refractivity contribution in [3.63, 3.8) is 0 Å². The molecule has 2 aliphatic rings. The van der Waals surface area contributed by atoms with Crippen molar-refractivity contribution in [3.8, 4) is 0 Å². The molecular formula is C25H30N4O2. The van der Waals surface area contributed by atoms with E-state index in [2.05, 4.69) is 62.6 Å². The largest absolute Gasteiger partial charge is 0.396 e. The Bertz CT molecular complexity index is 1050. The van der Waals surface area contributed by atoms with Gasteiger partial charge in [0.1, 0.15) is 0 Å². The van der Waals surface area contributed by atoms with Gasteiger partial charge in [-0.3, -0.25) is 9.69 Å². The second-order valence-corrected chi connectivity index (χ2v) is 8.57. The Morgan fingerprint density at radius 1 is 1.06 bits per heavy atom. The summed E-state index contributed by atoms with van der Waals surface area (Å²) in [6.07, 6.45) is 4.11. The van der Waals surface area contributed by atoms with Crippen molar-refractivity contribution in [2.24, 2.45) is 0 Å². The standard InChI is InChI=1S/C25H30N4O2/c30-17-11-24(31)25(22-9-8-18-4-1-2-5-20(18)27-22)29-15-13-28(14-16-29)23-7-3-6-21-19(23)10-12-26-21/h1-7,10,12,22,25-27,30H,8-9,11,13-17H2. The number of nitrogens with one attached hydrogen (secondary N) is 2. The maximum atomic E-state index is 13.1. The first-order valence-electron chi connectivity index (χ1n) is 11.3. The van der Waals surface area contributed by atoms with E-state index in [9.17, 15) is 9.90 Å². The molecule has 2 aliphatic heterocycles. The minimum atomic E-state index is -0.203. The Labute approximate surface area is 182 Å². The van der Waals surface area contributed by atoms with Gasteiger partial charge in [0.25, 0.3) is 0 Å². The number of carbonyl (C=O) groups is 1. The van der Waals surface area contributed by atoms with Gasteiger partial charge in [0, 0.05) is 67.1 Å². The number of benzene rings is 2. The molecule has 1 saturated heterocycles. The predicted octanol–water partition coefficient (Wildman–Crippen LogP) is 3.04. The summed E-state index contributed by atoms with van der Waals surface area (Å²) in [6.45, 7) is 3.35. The van der Waals surface area contributed by atoms with Gasteiger partial charge in [-0.25, -0.2) is 0 Å². The lowest BCUT2D eigenvalue weighted by atomic mass is 9.89. The van der Waals surface area contributed by atoms with Crippen molar-refractivity contribution in [1.82, 2.24) is 9.88 Å². The molecule has 0 radical (unpaired) electrons. The van der Waals surface area contributed by atoms with Crippen LogP contribution in [0.4, 0.5) is 11.4 Å². The molecule has 3 aromatic rings. The monoisotopic (exact) mass is 418 g/mol. The third kappa shape index (κ3) is 3.93. The summed E-state index contributed by atoms with van der Waals surface area (Å²) in [7, 11) is 0. The number of H-pyrrole nitrogens is 1. The van der Waals surface area contributed by atoms with Crippen LogP contribution < -0.4 is 10.2 Å². The fraction of sp³-hybridized carbons (Fsp3) is 0.400. The van der Waals surface area contributed by atoms with Crippen LogP contribution >= 0.6 is 0 Å². The lowest BCUT2D eigenvalue weighted by Crippen LogP contribution is -2.58. The number of aliphatic hydroxyl groups excluding tert-OH is 1. The number of carbonyl (C=O) groups excluding carboxylic acids is 1. The molecule has 1 aromatic heterocycles. The molecule has 0 amide bonds. The first-order valence-corrected chi connectivity index (χ1v) is 11.3. The number of hydrogen-bond acceptors (Lipinski definition) is 5. The molecule has 6 nitrogen and oxygen atoms in total. The second-order valence-electron chi connectivity index (χ2n) is 8.57. The highest BCUT2D eigenvalue weighted by Gasteiger charge is 2.36. The van der Waals surface area contributed by atoms with E-state index in [1.165, 1.54) is 16.6 Å². The number of rotatable bonds is 6. The number of anilines is 2. The number of aromatic nitrogens is 1. The molecular weight excluding hydrogens is 388 g/mol. The number of para-hydroxylation sites is 1. The summed E-state index contributed by atoms with van der Waals surface area (Å²) < 4.78 is 0. The molecule has 0 aliphatic carbocycles. The minimum absolute atomic E-state index is 0.0774. The molecule has 162 valence electrons. The van der Waals surface area contributed by atoms with Crippen molar-refractivity contribution < 1.29 is 9.90 Å². The van der Waals surface area contributed by atoms with Crippen LogP contribution in [-0.4, -0.2) is 65.6 Å². The summed E-state index contributed by atoms with van der Waals surface area (Å²) >= 11 is 0. The Morgan fingerprint density at radius 2 is 1.90 bits per heavy atom. The number of aliphatic hydroxyl groups is 1. The topological polar surface area (TPSA) is 71.6 Å². The first-order chi connectivity index (χ1) is 15.2. The molecule has 2 atom stereocenters. The van der Waals surface area contributed by atoms with Crippen molar-refractivity contribution in [3.05, 3.63) is 60.3 Å². The van der Waals surface area contributed by atoms with Crippen molar-refractivity contribution in [2.45, 2.75) is 31.3 Å². The van der Waals surface area contributed by atoms with E-state index in [1.54, 1.807) is 0 Å². The fourth-order valence-corrected chi connectivity index (χ4v) is 5.22. The lowest BCUT2D eigenvalue weighted by molar-refractivity contribution is -0.125. The molecule has 1 fully saturated rings. The zero-order valence-corrected chi connectivity index (χ0v) is 17.8. The normalized spacial score (nSPS) is 20.3. The highest BCUT2D eigenvalue weighted by atomic mass is 16.3. The van der Waals surface area contributed by atoms with Crippen LogP contribution in [0.25, 0.3) is 10.9 Å². The van der Waals surface area contributed by atoms with Crippen LogP contribution in [-0.2, 0) is 11.2 Å². The molecule has 0 bridgehead atoms. The lowest BCUT2D eigenvalue weighted by Gasteiger charge is -2.44. The third-order valence-electron chi connectivity index (χ3n) is 6.77. The Kier molecular flexibility index (Phi) is 5.66. The van der Waals surface area contributed by atoms with E-state index < -0.39 is 0 Å². The zero-order valence-electron chi connectivity index (χ0n) is 17.8. The van der Waals surface area contributed by atoms with E-state index in [-0.39, 0.29) is 30.9 Å². The van der Waals surface area contributed by atoms with Crippen LogP contribution in [0.5, 0.6) is 0 Å². The van der Waals surface area contributed by atoms with Crippen LogP contribution in [0.15, 0.2) is 54.7 Å². The Morgan fingerprint density at radius 3 is 2.74 bits per heavy atom. The van der Waals surface area contributed by atoms with Crippen molar-refractivity contribution in [2.75, 3.05) is 43.0 Å². The van der Waals surface area contributed by atoms with Gasteiger partial charge in [-0.15, -0.1) is 0 Å². The molecule has 5 rings (SSSR count). The van der Waals surface area contributed by atoms with Crippen molar-refractivity contribution >= 4 is 28.1 Å². The first kappa shape index (κ1) is 20.1. The van der Waals surface area contributed by atoms with E-state index in [0.717, 1.165) is 50.2 Å². The summed E-state index contributed by atoms with van der Waals surface area (Å²) in [5, 5.41) is 14.3. The maximum Gasteiger partial charge on any atom is 0.154 e. The Hall–Kier alpha value is -2.83. The summed E-state index contributed by atoms with van der Waals surface area (Å²) in [4.78, 5) is 21.1. The average Bonchev–Trinajstić information content (AvgIpc) is 3.29. The third-order valence-corrected chi connectivity index (χ3v) is 6.77. The van der Waals surface area contributed by atoms with Gasteiger partial charge in [0.15, 0.2) is 5.78 Å². The number of fused-ring (bicyclic) bond motifs is 2. The molecule has 3 heterocycles. The van der Waals surface area contributed by atoms with Gasteiger partial charge in [0.05, 0.1) is 12.6 Å². The smallest absolute Gasteiger partial charge is 0.154 e. The van der Waals surface area contributed by atoms with Gasteiger partial charge in [0.2, 0.25) is 0 Å². The summed E-state index contributed by atoms with van der Waals surface area (Å²) in [6, 6.07) is 16.8. The van der Waals surface area contributed by atoms with Gasteiger partial charge in [-0.2, -0.15) is 0 Å². The van der Waals surface area contributed by atoms with E-state index in [4.69, 9.17) is 0 Å². The van der Waals surface area contributed by atoms with Crippen LogP contribution in [0.2, 0.25) is 0 Å². The highest BCUT2D eigenvalue weighted by Crippen LogP contribution is 2.30. The highest BCUT2D eigenvalue weighted by molar-refractivity contribution is 5.92. The van der Waals surface area contributed by atoms with Gasteiger partial charge in [-0.1, -0.05) is 24.3 Å². The molecule has 2 unspecified atom stereocenters. The quantitative estimate of drug-likeness (QED) is 0.574. The molecule has 3 N–H and O–H groups in total. The van der Waals surface area contributed by atoms with Gasteiger partial charge < -0.3 is 20.3 Å². The number of piperazine rings is 1. The molecule has 6 heteroatoms. The maximum absolute atomic E-state index is 13.1. The number of hydrogen-bond donors (Lipinski definition) is 3. The number of Topliss-reactive ketones (excluding diaryl/α,β-unsaturated/α-hetero) is 1. The van der Waals surface area contributed by atoms with Gasteiger partial charge >= 0.3 is 0 Å². The predicted molar refractivity (Wildman–Crippen MR) is 125 cm³/mol. The Balaban J connectivity index is 1.33. The van der Waals surface area contributed by atoms with E-state index >= 15 is 0 Å². The molecule has 0 spiro atoms. The van der Waals surface area contributed by atoms with Crippen LogP contribution in [0, 0.1) is 0 Å². The van der Waals surface area contributed by atoms with Gasteiger partial charge in [-0.05, 0) is 42.7 Å². The van der Waals surface area contributed by atoms with E-state index in [1.807, 2.05) is 12.3 Å². The minimum Gasteiger partial charge on any atom is -0.396 e. The summed E-state index contributed by atoms with van der Waals surface area (Å²) in [5.74, 6) is 0.139. The number of ketones is 1. The van der Waals surface area contributed by atoms with Crippen LogP contribution in [0.1, 0.15) is 18.4 Å². The summed E-state index contributed by atoms with van der Waals surface area (Å²) in [5.41, 5.74) is 4.86. The SMILES string of the molecule is O=C(CCO)C(C1CCc2ccccc2N1)N1CCN(c2cccc3[nH]ccc23)CC1. The van der Waals surface area contributed by atoms with Crippen molar-refractivity contribution in [1.29, 1.82) is 0 Å².